The number of alkyl halides is 1. The smallest absolute Gasteiger partial charge is 0.342 e. The number of fused-ring (bicyclic) bond motifs is 1. The van der Waals surface area contributed by atoms with Crippen molar-refractivity contribution in [3.63, 3.8) is 0 Å². The average molecular weight is 518 g/mol. The molecule has 0 bridgehead atoms. The Morgan fingerprint density at radius 1 is 1.09 bits per heavy atom. The van der Waals surface area contributed by atoms with E-state index in [1.165, 1.54) is 10.5 Å². The van der Waals surface area contributed by atoms with Gasteiger partial charge in [-0.25, -0.2) is 4.79 Å². The number of hydrogen-bond acceptors (Lipinski definition) is 5. The monoisotopic (exact) mass is 517 g/mol. The van der Waals surface area contributed by atoms with E-state index in [4.69, 9.17) is 0 Å². The highest BCUT2D eigenvalue weighted by Crippen LogP contribution is 2.61. The second kappa shape index (κ2) is 9.17. The van der Waals surface area contributed by atoms with Crippen LogP contribution >= 0.6 is 27.7 Å². The molecule has 0 aliphatic carbocycles. The number of hydrogen-bond donors (Lipinski definition) is 3. The van der Waals surface area contributed by atoms with E-state index >= 15 is 0 Å². The van der Waals surface area contributed by atoms with Gasteiger partial charge in [-0.15, -0.1) is 11.8 Å². The van der Waals surface area contributed by atoms with E-state index < -0.39 is 15.2 Å². The Balaban J connectivity index is 1.50. The van der Waals surface area contributed by atoms with Crippen LogP contribution in [0.5, 0.6) is 0 Å². The van der Waals surface area contributed by atoms with Crippen LogP contribution in [-0.4, -0.2) is 49.0 Å². The number of nitrogens with zero attached hydrogens (tertiary/aromatic N) is 1. The first-order chi connectivity index (χ1) is 15.3. The molecule has 2 aliphatic heterocycles. The molecule has 3 N–H and O–H groups in total. The molecule has 0 radical (unpaired) electrons. The van der Waals surface area contributed by atoms with E-state index in [1.807, 2.05) is 50.2 Å². The van der Waals surface area contributed by atoms with Gasteiger partial charge in [0.1, 0.15) is 0 Å². The molecule has 0 aromatic heterocycles. The lowest BCUT2D eigenvalue weighted by Gasteiger charge is -2.49. The topological polar surface area (TPSA) is 81.7 Å². The predicted molar refractivity (Wildman–Crippen MR) is 130 cm³/mol. The molecular weight excluding hydrogens is 490 g/mol. The zero-order chi connectivity index (χ0) is 22.9. The predicted octanol–water partition coefficient (Wildman–Crippen LogP) is 3.42. The highest BCUT2D eigenvalue weighted by Gasteiger charge is 2.72. The summed E-state index contributed by atoms with van der Waals surface area (Å²) in [6.07, 6.45) is 0. The minimum Gasteiger partial charge on any atom is -0.479 e. The van der Waals surface area contributed by atoms with E-state index in [0.717, 1.165) is 5.56 Å². The van der Waals surface area contributed by atoms with E-state index in [9.17, 15) is 14.7 Å². The van der Waals surface area contributed by atoms with Crippen molar-refractivity contribution >= 4 is 39.6 Å². The van der Waals surface area contributed by atoms with Crippen LogP contribution in [0.25, 0.3) is 0 Å². The van der Waals surface area contributed by atoms with Crippen molar-refractivity contribution in [1.82, 2.24) is 15.5 Å². The number of rotatable bonds is 9. The number of nitrogens with one attached hydrogen (secondary N) is 2. The van der Waals surface area contributed by atoms with Gasteiger partial charge in [-0.1, -0.05) is 60.7 Å². The lowest BCUT2D eigenvalue weighted by molar-refractivity contribution is -0.167. The maximum atomic E-state index is 13.3. The summed E-state index contributed by atoms with van der Waals surface area (Å²) < 4.78 is -2.06. The first-order valence-electron chi connectivity index (χ1n) is 10.7. The molecule has 0 saturated carbocycles. The second-order valence-electron chi connectivity index (χ2n) is 8.77. The lowest BCUT2D eigenvalue weighted by Crippen LogP contribution is -2.71. The number of amides is 1. The fourth-order valence-electron chi connectivity index (χ4n) is 4.48. The Labute approximate surface area is 201 Å². The normalized spacial score (nSPS) is 27.0. The first-order valence-corrected chi connectivity index (χ1v) is 12.4. The molecule has 2 fully saturated rings. The molecule has 4 rings (SSSR count). The Morgan fingerprint density at radius 3 is 2.22 bits per heavy atom. The van der Waals surface area contributed by atoms with Crippen molar-refractivity contribution in [3.8, 4) is 0 Å². The Bertz CT molecular complexity index is 975. The summed E-state index contributed by atoms with van der Waals surface area (Å²) in [4.78, 5) is 26.9. The highest BCUT2D eigenvalue weighted by molar-refractivity contribution is 9.10. The number of carboxylic acids is 1. The van der Waals surface area contributed by atoms with Crippen molar-refractivity contribution in [2.24, 2.45) is 5.92 Å². The third kappa shape index (κ3) is 4.09. The third-order valence-electron chi connectivity index (χ3n) is 6.29. The van der Waals surface area contributed by atoms with Gasteiger partial charge in [-0.05, 0) is 40.9 Å². The zero-order valence-corrected chi connectivity index (χ0v) is 20.5. The van der Waals surface area contributed by atoms with Crippen molar-refractivity contribution in [1.29, 1.82) is 0 Å². The summed E-state index contributed by atoms with van der Waals surface area (Å²) in [6.45, 7) is 5.70. The van der Waals surface area contributed by atoms with Crippen molar-refractivity contribution in [3.05, 3.63) is 71.8 Å². The Morgan fingerprint density at radius 2 is 1.66 bits per heavy atom. The van der Waals surface area contributed by atoms with Gasteiger partial charge in [0.25, 0.3) is 0 Å². The molecule has 2 saturated heterocycles. The molecule has 2 heterocycles. The molecule has 2 aliphatic rings. The maximum Gasteiger partial charge on any atom is 0.342 e. The first kappa shape index (κ1) is 23.3. The third-order valence-corrected chi connectivity index (χ3v) is 9.90. The number of halogens is 1. The van der Waals surface area contributed by atoms with Gasteiger partial charge < -0.3 is 20.6 Å². The minimum absolute atomic E-state index is 0.125. The van der Waals surface area contributed by atoms with Crippen LogP contribution in [0.2, 0.25) is 0 Å². The van der Waals surface area contributed by atoms with Crippen LogP contribution in [0.3, 0.4) is 0 Å². The number of β-lactam (4-membered cyclic amide) rings is 1. The van der Waals surface area contributed by atoms with Crippen molar-refractivity contribution < 1.29 is 14.7 Å². The number of carbonyl (C=O) groups is 2. The van der Waals surface area contributed by atoms with Crippen molar-refractivity contribution in [2.45, 2.75) is 47.5 Å². The van der Waals surface area contributed by atoms with Gasteiger partial charge in [-0.3, -0.25) is 4.79 Å². The van der Waals surface area contributed by atoms with Gasteiger partial charge in [-0.2, -0.15) is 0 Å². The minimum atomic E-state index is -1.40. The van der Waals surface area contributed by atoms with Gasteiger partial charge >= 0.3 is 5.97 Å². The van der Waals surface area contributed by atoms with Gasteiger partial charge in [0.2, 0.25) is 10.4 Å². The Hall–Kier alpha value is -1.87. The molecule has 1 amide bonds. The van der Waals surface area contributed by atoms with Crippen LogP contribution in [-0.2, 0) is 22.7 Å². The fourth-order valence-corrected chi connectivity index (χ4v) is 7.06. The summed E-state index contributed by atoms with van der Waals surface area (Å²) in [6, 6.07) is 20.1. The van der Waals surface area contributed by atoms with Crippen LogP contribution in [0.4, 0.5) is 0 Å². The summed E-state index contributed by atoms with van der Waals surface area (Å²) in [5, 5.41) is 16.8. The molecule has 4 atom stereocenters. The molecule has 2 aromatic rings. The van der Waals surface area contributed by atoms with Crippen LogP contribution in [0, 0.1) is 5.92 Å². The maximum absolute atomic E-state index is 13.3. The van der Waals surface area contributed by atoms with E-state index in [0.29, 0.717) is 19.6 Å². The number of thioether (sulfide) groups is 1. The molecule has 170 valence electrons. The van der Waals surface area contributed by atoms with Crippen LogP contribution < -0.4 is 10.6 Å². The molecular formula is C24H28BrN3O3S. The average Bonchev–Trinajstić information content (AvgIpc) is 2.96. The fraction of sp³-hybridized carbons (Fsp3) is 0.417. The standard InChI is InChI=1S/C24H28BrN3O3S/c1-23(2)24(25,22(30)31)28-20(29)19(21(28)32-23)18(27-14-17-11-7-4-8-12-17)15-26-13-16-9-5-3-6-10-16/h3-12,18-19,21,26-27H,13-15H2,1-2H3,(H,30,31)/t18?,19-,21-,24+/m1/s1. The molecule has 2 aromatic carbocycles. The van der Waals surface area contributed by atoms with Gasteiger partial charge in [0.15, 0.2) is 0 Å². The number of carbonyl (C=O) groups excluding carboxylic acids is 1. The van der Waals surface area contributed by atoms with Gasteiger partial charge in [0.05, 0.1) is 16.0 Å². The summed E-state index contributed by atoms with van der Waals surface area (Å²) in [5.41, 5.74) is 2.32. The summed E-state index contributed by atoms with van der Waals surface area (Å²) >= 11 is 4.97. The zero-order valence-electron chi connectivity index (χ0n) is 18.1. The second-order valence-corrected chi connectivity index (χ2v) is 11.7. The molecule has 6 nitrogen and oxygen atoms in total. The SMILES string of the molecule is CC1(C)S[C@@H]2[C@H](C(CNCc3ccccc3)NCc3ccccc3)C(=O)N2[C@@]1(Br)C(=O)O. The number of carboxylic acid groups (broad SMARTS) is 1. The van der Waals surface area contributed by atoms with E-state index in [2.05, 4.69) is 50.8 Å². The number of benzene rings is 2. The van der Waals surface area contributed by atoms with Crippen LogP contribution in [0.15, 0.2) is 60.7 Å². The largest absolute Gasteiger partial charge is 0.479 e. The summed E-state index contributed by atoms with van der Waals surface area (Å²) in [5.74, 6) is -1.45. The quantitative estimate of drug-likeness (QED) is 0.268. The van der Waals surface area contributed by atoms with E-state index in [-0.39, 0.29) is 23.2 Å². The highest BCUT2D eigenvalue weighted by atomic mass is 79.9. The van der Waals surface area contributed by atoms with E-state index in [1.54, 1.807) is 11.8 Å². The summed E-state index contributed by atoms with van der Waals surface area (Å²) in [7, 11) is 0. The molecule has 0 spiro atoms. The Kier molecular flexibility index (Phi) is 6.68. The molecule has 8 heteroatoms. The van der Waals surface area contributed by atoms with Gasteiger partial charge in [0, 0.05) is 25.7 Å². The lowest BCUT2D eigenvalue weighted by atomic mass is 9.86. The van der Waals surface area contributed by atoms with Crippen LogP contribution in [0.1, 0.15) is 25.0 Å². The molecule has 1 unspecified atom stereocenters. The number of aliphatic carboxylic acids is 1. The van der Waals surface area contributed by atoms with Crippen molar-refractivity contribution in [2.75, 3.05) is 6.54 Å². The molecule has 32 heavy (non-hydrogen) atoms.